The fraction of sp³-hybridized carbons (Fsp3) is 1.00. The molecule has 0 spiro atoms. The van der Waals surface area contributed by atoms with Crippen LogP contribution in [0.25, 0.3) is 0 Å². The van der Waals surface area contributed by atoms with Crippen LogP contribution in [0.5, 0.6) is 0 Å². The molecule has 0 fully saturated rings. The molecule has 0 unspecified atom stereocenters. The van der Waals surface area contributed by atoms with Crippen molar-refractivity contribution < 1.29 is 65.9 Å². The van der Waals surface area contributed by atoms with Crippen molar-refractivity contribution in [3.8, 4) is 0 Å². The van der Waals surface area contributed by atoms with E-state index in [0.717, 1.165) is 0 Å². The van der Waals surface area contributed by atoms with Crippen LogP contribution in [-0.2, 0) is 0 Å². The minimum absolute atomic E-state index is 0.608. The molecule has 0 rings (SSSR count). The summed E-state index contributed by atoms with van der Waals surface area (Å²) in [6, 6.07) is 0. The molecule has 0 saturated carbocycles. The zero-order valence-corrected chi connectivity index (χ0v) is 12.6. The highest BCUT2D eigenvalue weighted by Gasteiger charge is 2.90. The Hall–Kier alpha value is -1.09. The topological polar surface area (TPSA) is 26.0 Å². The van der Waals surface area contributed by atoms with E-state index in [1.54, 1.807) is 0 Å². The van der Waals surface area contributed by atoms with Gasteiger partial charge in [-0.3, -0.25) is 0 Å². The van der Waals surface area contributed by atoms with Crippen molar-refractivity contribution in [1.82, 2.24) is 0 Å². The number of halogens is 15. The van der Waals surface area contributed by atoms with Gasteiger partial charge in [0.2, 0.25) is 0 Å². The number of hydrogen-bond acceptors (Lipinski definition) is 1. The van der Waals surface area contributed by atoms with Gasteiger partial charge in [-0.15, -0.1) is 0 Å². The van der Waals surface area contributed by atoms with E-state index < -0.39 is 67.5 Å². The van der Waals surface area contributed by atoms with Crippen LogP contribution >= 0.6 is 0 Å². The van der Waals surface area contributed by atoms with E-state index in [1.807, 2.05) is 0 Å². The SMILES string of the molecule is NCCCC(F)(F)CC(F)(F)C(F)(F)C(F)(F)C(F)(F)C(F)(F)C(F)(F)F. The molecule has 0 saturated heterocycles. The Morgan fingerprint density at radius 2 is 0.889 bits per heavy atom. The summed E-state index contributed by atoms with van der Waals surface area (Å²) >= 11 is 0. The average Bonchev–Trinajstić information content (AvgIpc) is 2.42. The fourth-order valence-corrected chi connectivity index (χ4v) is 1.69. The van der Waals surface area contributed by atoms with Crippen LogP contribution in [0, 0.1) is 0 Å². The molecule has 16 heteroatoms. The molecule has 0 aliphatic rings. The summed E-state index contributed by atoms with van der Waals surface area (Å²) in [7, 11) is 0. The summed E-state index contributed by atoms with van der Waals surface area (Å²) < 4.78 is 192. The number of rotatable bonds is 9. The van der Waals surface area contributed by atoms with Gasteiger partial charge in [0.25, 0.3) is 5.92 Å². The summed E-state index contributed by atoms with van der Waals surface area (Å²) in [4.78, 5) is 0. The third kappa shape index (κ3) is 4.34. The normalized spacial score (nSPS) is 16.0. The summed E-state index contributed by atoms with van der Waals surface area (Å²) in [5, 5.41) is 0. The monoisotopic (exact) mass is 441 g/mol. The molecule has 0 bridgehead atoms. The Morgan fingerprint density at radius 1 is 0.519 bits per heavy atom. The van der Waals surface area contributed by atoms with Gasteiger partial charge in [-0.1, -0.05) is 0 Å². The van der Waals surface area contributed by atoms with E-state index in [2.05, 4.69) is 0 Å². The highest BCUT2D eigenvalue weighted by Crippen LogP contribution is 2.61. The lowest BCUT2D eigenvalue weighted by atomic mass is 9.90. The molecule has 0 aliphatic heterocycles. The Bertz CT molecular complexity index is 506. The average molecular weight is 441 g/mol. The van der Waals surface area contributed by atoms with E-state index in [-0.39, 0.29) is 0 Å². The van der Waals surface area contributed by atoms with E-state index >= 15 is 0 Å². The number of alkyl halides is 15. The van der Waals surface area contributed by atoms with Crippen molar-refractivity contribution >= 4 is 0 Å². The van der Waals surface area contributed by atoms with Crippen molar-refractivity contribution in [2.24, 2.45) is 5.73 Å². The molecule has 0 atom stereocenters. The second-order valence-corrected chi connectivity index (χ2v) is 5.42. The first-order valence-corrected chi connectivity index (χ1v) is 6.55. The molecule has 0 aromatic heterocycles. The molecule has 0 aromatic rings. The summed E-state index contributed by atoms with van der Waals surface area (Å²) in [5.74, 6) is -43.4. The van der Waals surface area contributed by atoms with Gasteiger partial charge in [-0.2, -0.15) is 57.1 Å². The Balaban J connectivity index is 6.08. The van der Waals surface area contributed by atoms with Crippen molar-refractivity contribution in [1.29, 1.82) is 0 Å². The van der Waals surface area contributed by atoms with Crippen LogP contribution in [0.4, 0.5) is 65.9 Å². The molecule has 27 heavy (non-hydrogen) atoms. The van der Waals surface area contributed by atoms with E-state index in [9.17, 15) is 65.9 Å². The fourth-order valence-electron chi connectivity index (χ4n) is 1.69. The van der Waals surface area contributed by atoms with Gasteiger partial charge in [0.15, 0.2) is 0 Å². The van der Waals surface area contributed by atoms with E-state index in [1.165, 1.54) is 0 Å². The van der Waals surface area contributed by atoms with Gasteiger partial charge in [0.05, 0.1) is 6.42 Å². The zero-order chi connectivity index (χ0) is 22.3. The largest absolute Gasteiger partial charge is 0.460 e. The maximum absolute atomic E-state index is 13.2. The Kier molecular flexibility index (Phi) is 6.78. The third-order valence-corrected chi connectivity index (χ3v) is 3.23. The van der Waals surface area contributed by atoms with Gasteiger partial charge in [0, 0.05) is 6.42 Å². The maximum atomic E-state index is 13.2. The predicted octanol–water partition coefficient (Wildman–Crippen LogP) is 5.49. The van der Waals surface area contributed by atoms with Crippen LogP contribution in [-0.4, -0.2) is 48.3 Å². The van der Waals surface area contributed by atoms with Crippen LogP contribution in [0.1, 0.15) is 19.3 Å². The summed E-state index contributed by atoms with van der Waals surface area (Å²) in [6.45, 7) is -0.608. The minimum atomic E-state index is -8.10. The first kappa shape index (κ1) is 25.9. The molecular weight excluding hydrogens is 431 g/mol. The molecular formula is C11H10F15N. The lowest BCUT2D eigenvalue weighted by molar-refractivity contribution is -0.441. The van der Waals surface area contributed by atoms with Crippen molar-refractivity contribution in [2.45, 2.75) is 61.0 Å². The van der Waals surface area contributed by atoms with E-state index in [0.29, 0.717) is 0 Å². The van der Waals surface area contributed by atoms with Gasteiger partial charge >= 0.3 is 35.8 Å². The highest BCUT2D eigenvalue weighted by molar-refractivity contribution is 5.10. The van der Waals surface area contributed by atoms with Crippen LogP contribution < -0.4 is 5.73 Å². The standard InChI is InChI=1S/C11H10F15N/c12-5(13,2-1-3-27)4-6(14,15)7(16,17)8(18,19)9(20,21)10(22,23)11(24,25)26/h1-4,27H2. The van der Waals surface area contributed by atoms with Gasteiger partial charge in [-0.25, -0.2) is 8.78 Å². The van der Waals surface area contributed by atoms with Crippen molar-refractivity contribution in [2.75, 3.05) is 6.54 Å². The smallest absolute Gasteiger partial charge is 0.330 e. The highest BCUT2D eigenvalue weighted by atomic mass is 19.4. The summed E-state index contributed by atoms with van der Waals surface area (Å²) in [5.41, 5.74) is 4.72. The van der Waals surface area contributed by atoms with Crippen molar-refractivity contribution in [3.63, 3.8) is 0 Å². The van der Waals surface area contributed by atoms with Crippen LogP contribution in [0.2, 0.25) is 0 Å². The zero-order valence-electron chi connectivity index (χ0n) is 12.6. The second-order valence-electron chi connectivity index (χ2n) is 5.42. The molecule has 0 radical (unpaired) electrons. The van der Waals surface area contributed by atoms with Gasteiger partial charge in [0.1, 0.15) is 0 Å². The number of nitrogens with two attached hydrogens (primary N) is 1. The minimum Gasteiger partial charge on any atom is -0.330 e. The third-order valence-electron chi connectivity index (χ3n) is 3.23. The second kappa shape index (κ2) is 7.06. The number of hydrogen-bond donors (Lipinski definition) is 1. The van der Waals surface area contributed by atoms with Crippen LogP contribution in [0.15, 0.2) is 0 Å². The van der Waals surface area contributed by atoms with Crippen molar-refractivity contribution in [3.05, 3.63) is 0 Å². The maximum Gasteiger partial charge on any atom is 0.460 e. The van der Waals surface area contributed by atoms with Crippen LogP contribution in [0.3, 0.4) is 0 Å². The molecule has 2 N–H and O–H groups in total. The first-order chi connectivity index (χ1) is 11.5. The molecule has 0 heterocycles. The van der Waals surface area contributed by atoms with Gasteiger partial charge < -0.3 is 5.73 Å². The quantitative estimate of drug-likeness (QED) is 0.471. The predicted molar refractivity (Wildman–Crippen MR) is 58.6 cm³/mol. The Labute approximate surface area is 140 Å². The van der Waals surface area contributed by atoms with E-state index in [4.69, 9.17) is 5.73 Å². The summed E-state index contributed by atoms with van der Waals surface area (Å²) in [6.07, 6.45) is -13.6. The molecule has 0 aliphatic carbocycles. The van der Waals surface area contributed by atoms with Gasteiger partial charge in [-0.05, 0) is 13.0 Å². The first-order valence-electron chi connectivity index (χ1n) is 6.55. The molecule has 1 nitrogen and oxygen atoms in total. The Morgan fingerprint density at radius 3 is 1.22 bits per heavy atom. The lowest BCUT2D eigenvalue weighted by Gasteiger charge is -2.40. The molecule has 0 amide bonds. The molecule has 164 valence electrons. The molecule has 0 aromatic carbocycles. The lowest BCUT2D eigenvalue weighted by Crippen LogP contribution is -2.70.